The summed E-state index contributed by atoms with van der Waals surface area (Å²) in [4.78, 5) is 32.7. The monoisotopic (exact) mass is 306 g/mol. The van der Waals surface area contributed by atoms with Crippen molar-refractivity contribution in [3.8, 4) is 0 Å². The second-order valence-electron chi connectivity index (χ2n) is 5.73. The SMILES string of the molecule is CC(=O)O[C@H](C)c1nc2sc3c(c2c(=O)[nH]1)CC[C@@H](C)C3. The molecule has 2 heterocycles. The van der Waals surface area contributed by atoms with Gasteiger partial charge in [0.2, 0.25) is 0 Å². The van der Waals surface area contributed by atoms with Crippen LogP contribution in [0.2, 0.25) is 0 Å². The van der Waals surface area contributed by atoms with E-state index >= 15 is 0 Å². The van der Waals surface area contributed by atoms with Gasteiger partial charge in [0.15, 0.2) is 11.9 Å². The molecule has 1 aliphatic rings. The Balaban J connectivity index is 2.09. The Labute approximate surface area is 126 Å². The third kappa shape index (κ3) is 2.60. The van der Waals surface area contributed by atoms with E-state index in [9.17, 15) is 9.59 Å². The molecular formula is C15H18N2O3S. The molecule has 0 bridgehead atoms. The van der Waals surface area contributed by atoms with Crippen molar-refractivity contribution in [3.05, 3.63) is 26.6 Å². The summed E-state index contributed by atoms with van der Waals surface area (Å²) >= 11 is 1.60. The predicted molar refractivity (Wildman–Crippen MR) is 81.6 cm³/mol. The molecular weight excluding hydrogens is 288 g/mol. The first-order valence-electron chi connectivity index (χ1n) is 7.17. The van der Waals surface area contributed by atoms with Gasteiger partial charge in [-0.15, -0.1) is 11.3 Å². The molecule has 0 aromatic carbocycles. The van der Waals surface area contributed by atoms with Crippen LogP contribution in [-0.2, 0) is 22.4 Å². The summed E-state index contributed by atoms with van der Waals surface area (Å²) in [7, 11) is 0. The van der Waals surface area contributed by atoms with E-state index in [1.807, 2.05) is 0 Å². The molecule has 112 valence electrons. The fourth-order valence-electron chi connectivity index (χ4n) is 2.86. The van der Waals surface area contributed by atoms with Gasteiger partial charge in [-0.2, -0.15) is 0 Å². The summed E-state index contributed by atoms with van der Waals surface area (Å²) in [5.41, 5.74) is 1.04. The largest absolute Gasteiger partial charge is 0.455 e. The number of nitrogens with zero attached hydrogens (tertiary/aromatic N) is 1. The number of fused-ring (bicyclic) bond motifs is 3. The zero-order valence-corrected chi connectivity index (χ0v) is 13.2. The van der Waals surface area contributed by atoms with Crippen molar-refractivity contribution >= 4 is 27.5 Å². The van der Waals surface area contributed by atoms with E-state index in [4.69, 9.17) is 4.74 Å². The van der Waals surface area contributed by atoms with E-state index < -0.39 is 6.10 Å². The fourth-order valence-corrected chi connectivity index (χ4v) is 4.25. The first kappa shape index (κ1) is 14.3. The average Bonchev–Trinajstić information content (AvgIpc) is 2.75. The number of aromatic amines is 1. The summed E-state index contributed by atoms with van der Waals surface area (Å²) in [5, 5.41) is 0.723. The molecule has 1 N–H and O–H groups in total. The van der Waals surface area contributed by atoms with Crippen LogP contribution in [0, 0.1) is 5.92 Å². The first-order valence-corrected chi connectivity index (χ1v) is 7.99. The number of esters is 1. The molecule has 21 heavy (non-hydrogen) atoms. The maximum atomic E-state index is 12.4. The summed E-state index contributed by atoms with van der Waals surface area (Å²) in [6.45, 7) is 5.29. The zero-order valence-electron chi connectivity index (χ0n) is 12.4. The Morgan fingerprint density at radius 2 is 2.29 bits per heavy atom. The highest BCUT2D eigenvalue weighted by Crippen LogP contribution is 2.35. The third-order valence-electron chi connectivity index (χ3n) is 3.91. The Morgan fingerprint density at radius 3 is 3.00 bits per heavy atom. The molecule has 0 unspecified atom stereocenters. The van der Waals surface area contributed by atoms with Crippen molar-refractivity contribution in [1.29, 1.82) is 0 Å². The predicted octanol–water partition coefficient (Wildman–Crippen LogP) is 2.73. The first-order chi connectivity index (χ1) is 9.95. The normalized spacial score (nSPS) is 19.3. The molecule has 0 aliphatic heterocycles. The molecule has 2 aromatic heterocycles. The van der Waals surface area contributed by atoms with E-state index in [-0.39, 0.29) is 11.5 Å². The Bertz CT molecular complexity index is 762. The number of hydrogen-bond donors (Lipinski definition) is 1. The summed E-state index contributed by atoms with van der Waals surface area (Å²) < 4.78 is 5.09. The minimum atomic E-state index is -0.544. The van der Waals surface area contributed by atoms with Gasteiger partial charge in [-0.25, -0.2) is 4.98 Å². The number of ether oxygens (including phenoxy) is 1. The number of aromatic nitrogens is 2. The van der Waals surface area contributed by atoms with Crippen LogP contribution in [0.5, 0.6) is 0 Å². The van der Waals surface area contributed by atoms with Crippen molar-refractivity contribution in [2.45, 2.75) is 46.1 Å². The smallest absolute Gasteiger partial charge is 0.303 e. The number of carbonyl (C=O) groups is 1. The number of carbonyl (C=O) groups excluding carboxylic acids is 1. The number of rotatable bonds is 2. The molecule has 0 amide bonds. The fraction of sp³-hybridized carbons (Fsp3) is 0.533. The quantitative estimate of drug-likeness (QED) is 0.866. The average molecular weight is 306 g/mol. The number of hydrogen-bond acceptors (Lipinski definition) is 5. The third-order valence-corrected chi connectivity index (χ3v) is 5.06. The summed E-state index contributed by atoms with van der Waals surface area (Å²) in [6, 6.07) is 0. The van der Waals surface area contributed by atoms with Gasteiger partial charge in [0.1, 0.15) is 4.83 Å². The van der Waals surface area contributed by atoms with Crippen molar-refractivity contribution in [2.75, 3.05) is 0 Å². The van der Waals surface area contributed by atoms with Crippen LogP contribution in [0.4, 0.5) is 0 Å². The topological polar surface area (TPSA) is 72.0 Å². The summed E-state index contributed by atoms with van der Waals surface area (Å²) in [5.74, 6) is 0.683. The molecule has 6 heteroatoms. The Morgan fingerprint density at radius 1 is 1.52 bits per heavy atom. The highest BCUT2D eigenvalue weighted by molar-refractivity contribution is 7.18. The molecule has 2 aromatic rings. The van der Waals surface area contributed by atoms with E-state index in [1.54, 1.807) is 18.3 Å². The van der Waals surface area contributed by atoms with Gasteiger partial charge < -0.3 is 9.72 Å². The van der Waals surface area contributed by atoms with Gasteiger partial charge in [-0.1, -0.05) is 6.92 Å². The molecule has 0 fully saturated rings. The van der Waals surface area contributed by atoms with Gasteiger partial charge in [0, 0.05) is 11.8 Å². The Hall–Kier alpha value is -1.69. The highest BCUT2D eigenvalue weighted by atomic mass is 32.1. The van der Waals surface area contributed by atoms with Crippen LogP contribution in [0.3, 0.4) is 0 Å². The van der Waals surface area contributed by atoms with Crippen molar-refractivity contribution in [1.82, 2.24) is 9.97 Å². The molecule has 0 spiro atoms. The van der Waals surface area contributed by atoms with Crippen LogP contribution in [0.1, 0.15) is 49.6 Å². The lowest BCUT2D eigenvalue weighted by molar-refractivity contribution is -0.146. The van der Waals surface area contributed by atoms with Crippen molar-refractivity contribution in [2.24, 2.45) is 5.92 Å². The van der Waals surface area contributed by atoms with Crippen LogP contribution in [0.25, 0.3) is 10.2 Å². The number of aryl methyl sites for hydroxylation is 1. The van der Waals surface area contributed by atoms with Gasteiger partial charge in [0.05, 0.1) is 5.39 Å². The second-order valence-corrected chi connectivity index (χ2v) is 6.82. The van der Waals surface area contributed by atoms with Gasteiger partial charge >= 0.3 is 5.97 Å². The lowest BCUT2D eigenvalue weighted by Gasteiger charge is -2.17. The van der Waals surface area contributed by atoms with Crippen LogP contribution >= 0.6 is 11.3 Å². The van der Waals surface area contributed by atoms with Crippen LogP contribution in [-0.4, -0.2) is 15.9 Å². The highest BCUT2D eigenvalue weighted by Gasteiger charge is 2.24. The van der Waals surface area contributed by atoms with Gasteiger partial charge in [0.25, 0.3) is 5.56 Å². The molecule has 0 saturated heterocycles. The summed E-state index contributed by atoms with van der Waals surface area (Å²) in [6.07, 6.45) is 2.53. The second kappa shape index (κ2) is 5.26. The molecule has 5 nitrogen and oxygen atoms in total. The van der Waals surface area contributed by atoms with E-state index in [1.165, 1.54) is 11.8 Å². The molecule has 0 saturated carbocycles. The molecule has 0 radical (unpaired) electrons. The van der Waals surface area contributed by atoms with Crippen molar-refractivity contribution < 1.29 is 9.53 Å². The van der Waals surface area contributed by atoms with Crippen LogP contribution < -0.4 is 5.56 Å². The standard InChI is InChI=1S/C15H18N2O3S/c1-7-4-5-10-11(6-7)21-15-12(10)14(19)16-13(17-15)8(2)20-9(3)18/h7-8H,4-6H2,1-3H3,(H,16,17,19)/t7-,8-/m1/s1. The number of thiophene rings is 1. The zero-order chi connectivity index (χ0) is 15.1. The maximum absolute atomic E-state index is 12.4. The molecule has 1 aliphatic carbocycles. The molecule has 3 rings (SSSR count). The number of H-pyrrole nitrogens is 1. The van der Waals surface area contributed by atoms with E-state index in [2.05, 4.69) is 16.9 Å². The van der Waals surface area contributed by atoms with E-state index in [0.29, 0.717) is 11.7 Å². The molecule has 2 atom stereocenters. The van der Waals surface area contributed by atoms with Crippen LogP contribution in [0.15, 0.2) is 4.79 Å². The number of nitrogens with one attached hydrogen (secondary N) is 1. The lowest BCUT2D eigenvalue weighted by Crippen LogP contribution is -2.17. The maximum Gasteiger partial charge on any atom is 0.303 e. The minimum absolute atomic E-state index is 0.124. The van der Waals surface area contributed by atoms with Gasteiger partial charge in [-0.3, -0.25) is 9.59 Å². The lowest BCUT2D eigenvalue weighted by atomic mass is 9.89. The minimum Gasteiger partial charge on any atom is -0.455 e. The van der Waals surface area contributed by atoms with Gasteiger partial charge in [-0.05, 0) is 37.7 Å². The van der Waals surface area contributed by atoms with E-state index in [0.717, 1.165) is 35.0 Å². The van der Waals surface area contributed by atoms with Crippen molar-refractivity contribution in [3.63, 3.8) is 0 Å². The Kier molecular flexibility index (Phi) is 3.57.